The number of allylic oxidation sites excluding steroid dienone is 1. The van der Waals surface area contributed by atoms with E-state index in [0.717, 1.165) is 5.56 Å². The van der Waals surface area contributed by atoms with E-state index in [1.807, 2.05) is 0 Å². The molecule has 2 heterocycles. The van der Waals surface area contributed by atoms with Crippen molar-refractivity contribution in [1.82, 2.24) is 24.8 Å². The average molecular weight is 555 g/mol. The molecule has 3 amide bonds. The van der Waals surface area contributed by atoms with Crippen molar-refractivity contribution < 1.29 is 23.9 Å². The zero-order chi connectivity index (χ0) is 29.6. The van der Waals surface area contributed by atoms with Gasteiger partial charge in [-0.15, -0.1) is 0 Å². The summed E-state index contributed by atoms with van der Waals surface area (Å²) in [6, 6.07) is 4.66. The maximum absolute atomic E-state index is 14.3. The Balaban J connectivity index is 1.78. The van der Waals surface area contributed by atoms with Gasteiger partial charge in [0.15, 0.2) is 0 Å². The van der Waals surface area contributed by atoms with E-state index in [4.69, 9.17) is 5.11 Å². The van der Waals surface area contributed by atoms with Crippen molar-refractivity contribution in [3.63, 3.8) is 0 Å². The van der Waals surface area contributed by atoms with Gasteiger partial charge >= 0.3 is 6.09 Å². The summed E-state index contributed by atoms with van der Waals surface area (Å²) in [5.41, 5.74) is 1.26. The molecule has 3 aromatic rings. The Kier molecular flexibility index (Phi) is 9.46. The minimum atomic E-state index is -1.40. The number of halogens is 1. The van der Waals surface area contributed by atoms with E-state index < -0.39 is 23.6 Å². The number of benzene rings is 1. The van der Waals surface area contributed by atoms with Crippen LogP contribution < -0.4 is 16.2 Å². The molecule has 1 unspecified atom stereocenters. The van der Waals surface area contributed by atoms with Crippen molar-refractivity contribution in [2.45, 2.75) is 52.6 Å². The van der Waals surface area contributed by atoms with E-state index >= 15 is 0 Å². The van der Waals surface area contributed by atoms with Crippen LogP contribution in [0.15, 0.2) is 47.4 Å². The monoisotopic (exact) mass is 554 g/mol. The normalized spacial score (nSPS) is 12.4. The second-order valence-electron chi connectivity index (χ2n) is 10.9. The number of nitrogens with one attached hydrogen (secondary N) is 3. The van der Waals surface area contributed by atoms with Crippen LogP contribution in [0.2, 0.25) is 0 Å². The molecule has 3 rings (SSSR count). The Hall–Kier alpha value is -4.48. The molecule has 1 aromatic carbocycles. The molecule has 0 saturated heterocycles. The van der Waals surface area contributed by atoms with Crippen LogP contribution in [-0.4, -0.2) is 62.6 Å². The summed E-state index contributed by atoms with van der Waals surface area (Å²) >= 11 is 0. The number of fused-ring (bicyclic) bond motifs is 1. The van der Waals surface area contributed by atoms with E-state index in [1.165, 1.54) is 39.9 Å². The average Bonchev–Trinajstić information content (AvgIpc) is 3.24. The minimum Gasteiger partial charge on any atom is -0.465 e. The Morgan fingerprint density at radius 3 is 2.62 bits per heavy atom. The summed E-state index contributed by atoms with van der Waals surface area (Å²) in [7, 11) is 3.19. The molecule has 0 aliphatic rings. The Labute approximate surface area is 231 Å². The van der Waals surface area contributed by atoms with Gasteiger partial charge in [0, 0.05) is 20.3 Å². The number of aromatic amines is 1. The molecule has 40 heavy (non-hydrogen) atoms. The van der Waals surface area contributed by atoms with Crippen LogP contribution in [0.4, 0.5) is 14.9 Å². The lowest BCUT2D eigenvalue weighted by atomic mass is 9.87. The molecule has 12 heteroatoms. The third kappa shape index (κ3) is 8.26. The van der Waals surface area contributed by atoms with E-state index in [-0.39, 0.29) is 42.2 Å². The molecular formula is C28H35FN6O5. The number of hydrogen-bond donors (Lipinski definition) is 4. The van der Waals surface area contributed by atoms with Gasteiger partial charge in [0.05, 0.1) is 17.6 Å². The van der Waals surface area contributed by atoms with Crippen LogP contribution in [0.25, 0.3) is 11.0 Å². The van der Waals surface area contributed by atoms with Crippen molar-refractivity contribution in [2.75, 3.05) is 19.4 Å². The summed E-state index contributed by atoms with van der Waals surface area (Å²) < 4.78 is 15.6. The highest BCUT2D eigenvalue weighted by Gasteiger charge is 2.22. The number of nitrogens with zero attached hydrogens (tertiary/aromatic N) is 3. The number of likely N-dealkylation sites (N-methyl/N-ethyl adjacent to an activating group) is 1. The summed E-state index contributed by atoms with van der Waals surface area (Å²) in [4.78, 5) is 58.0. The predicted octanol–water partition coefficient (Wildman–Crippen LogP) is 3.50. The van der Waals surface area contributed by atoms with E-state index in [9.17, 15) is 23.6 Å². The number of pyridine rings is 1. The van der Waals surface area contributed by atoms with Crippen LogP contribution in [0.3, 0.4) is 0 Å². The molecule has 1 atom stereocenters. The van der Waals surface area contributed by atoms with E-state index in [2.05, 4.69) is 41.4 Å². The fourth-order valence-corrected chi connectivity index (χ4v) is 4.13. The Morgan fingerprint density at radius 2 is 1.98 bits per heavy atom. The van der Waals surface area contributed by atoms with Gasteiger partial charge in [-0.2, -0.15) is 0 Å². The fraction of sp³-hybridized carbons (Fsp3) is 0.393. The summed E-state index contributed by atoms with van der Waals surface area (Å²) in [6.45, 7) is 6.19. The van der Waals surface area contributed by atoms with Gasteiger partial charge in [0.1, 0.15) is 23.4 Å². The second kappa shape index (κ2) is 12.6. The molecule has 0 saturated carbocycles. The second-order valence-corrected chi connectivity index (χ2v) is 10.9. The van der Waals surface area contributed by atoms with E-state index in [0.29, 0.717) is 23.3 Å². The van der Waals surface area contributed by atoms with Gasteiger partial charge in [0.2, 0.25) is 11.8 Å². The van der Waals surface area contributed by atoms with Crippen LogP contribution in [0.1, 0.15) is 45.0 Å². The summed E-state index contributed by atoms with van der Waals surface area (Å²) in [5.74, 6) is -0.897. The first-order chi connectivity index (χ1) is 18.7. The van der Waals surface area contributed by atoms with Crippen LogP contribution in [-0.2, 0) is 22.6 Å². The van der Waals surface area contributed by atoms with Crippen LogP contribution in [0.5, 0.6) is 0 Å². The van der Waals surface area contributed by atoms with Crippen molar-refractivity contribution in [1.29, 1.82) is 0 Å². The van der Waals surface area contributed by atoms with Gasteiger partial charge in [-0.25, -0.2) is 14.2 Å². The molecular weight excluding hydrogens is 519 g/mol. The van der Waals surface area contributed by atoms with Crippen molar-refractivity contribution in [3.05, 3.63) is 70.2 Å². The number of anilines is 1. The predicted molar refractivity (Wildman–Crippen MR) is 150 cm³/mol. The highest BCUT2D eigenvalue weighted by molar-refractivity contribution is 5.96. The lowest BCUT2D eigenvalue weighted by molar-refractivity contribution is -0.123. The lowest BCUT2D eigenvalue weighted by Crippen LogP contribution is -2.44. The summed E-state index contributed by atoms with van der Waals surface area (Å²) in [5, 5.41) is 13.8. The molecule has 0 fully saturated rings. The Bertz CT molecular complexity index is 1480. The third-order valence-electron chi connectivity index (χ3n) is 5.94. The van der Waals surface area contributed by atoms with Crippen molar-refractivity contribution in [3.8, 4) is 0 Å². The smallest absolute Gasteiger partial charge is 0.405 e. The first-order valence-electron chi connectivity index (χ1n) is 12.8. The number of rotatable bonds is 10. The quantitative estimate of drug-likeness (QED) is 0.282. The van der Waals surface area contributed by atoms with Gasteiger partial charge in [-0.1, -0.05) is 26.8 Å². The van der Waals surface area contributed by atoms with Crippen LogP contribution in [0, 0.1) is 11.2 Å². The highest BCUT2D eigenvalue weighted by atomic mass is 19.1. The SMILES string of the molecule is CN(C)C(=O)/C=C/CCC(NC(=O)O)C(=O)Nc1cccn(Cc2nc3c(CC(C)(C)C)cc(F)cc3[nH]2)c1=O. The first kappa shape index (κ1) is 30.1. The van der Waals surface area contributed by atoms with Gasteiger partial charge < -0.3 is 30.2 Å². The number of imidazole rings is 1. The molecule has 2 aromatic heterocycles. The van der Waals surface area contributed by atoms with Gasteiger partial charge in [0.25, 0.3) is 5.56 Å². The fourth-order valence-electron chi connectivity index (χ4n) is 4.13. The minimum absolute atomic E-state index is 0.0370. The first-order valence-corrected chi connectivity index (χ1v) is 12.8. The maximum atomic E-state index is 14.3. The summed E-state index contributed by atoms with van der Waals surface area (Å²) in [6.07, 6.45) is 3.95. The van der Waals surface area contributed by atoms with Gasteiger partial charge in [-0.3, -0.25) is 14.4 Å². The zero-order valence-corrected chi connectivity index (χ0v) is 23.2. The number of hydrogen-bond acceptors (Lipinski definition) is 5. The number of amides is 3. The zero-order valence-electron chi connectivity index (χ0n) is 23.2. The molecule has 214 valence electrons. The molecule has 0 spiro atoms. The number of carbonyl (C=O) groups is 3. The number of carboxylic acid groups (broad SMARTS) is 1. The van der Waals surface area contributed by atoms with Gasteiger partial charge in [-0.05, 0) is 60.6 Å². The molecule has 0 bridgehead atoms. The number of H-pyrrole nitrogens is 1. The number of aromatic nitrogens is 3. The molecule has 0 aliphatic carbocycles. The lowest BCUT2D eigenvalue weighted by Gasteiger charge is -2.18. The van der Waals surface area contributed by atoms with Crippen LogP contribution >= 0.6 is 0 Å². The standard InChI is InChI=1S/C28H35FN6O5/c1-28(2,3)15-17-13-18(29)14-21-24(17)33-22(30-21)16-35-12-8-10-20(26(35)38)31-25(37)19(32-27(39)40)9-6-7-11-23(36)34(4)5/h7-8,10-14,19,32H,6,9,15-16H2,1-5H3,(H,30,33)(H,31,37)(H,39,40)/b11-7+. The van der Waals surface area contributed by atoms with E-state index in [1.54, 1.807) is 26.2 Å². The molecule has 11 nitrogen and oxygen atoms in total. The van der Waals surface area contributed by atoms with Crippen molar-refractivity contribution in [2.24, 2.45) is 5.41 Å². The molecule has 0 aliphatic heterocycles. The number of carbonyl (C=O) groups excluding carboxylic acids is 2. The van der Waals surface area contributed by atoms with Crippen molar-refractivity contribution >= 4 is 34.6 Å². The molecule has 0 radical (unpaired) electrons. The highest BCUT2D eigenvalue weighted by Crippen LogP contribution is 2.27. The molecule has 4 N–H and O–H groups in total. The third-order valence-corrected chi connectivity index (χ3v) is 5.94. The largest absolute Gasteiger partial charge is 0.465 e. The Morgan fingerprint density at radius 1 is 1.25 bits per heavy atom. The maximum Gasteiger partial charge on any atom is 0.405 e. The topological polar surface area (TPSA) is 149 Å².